The summed E-state index contributed by atoms with van der Waals surface area (Å²) in [6.45, 7) is 12.5. The monoisotopic (exact) mass is 220 g/mol. The zero-order chi connectivity index (χ0) is 11.6. The SMILES string of the molecule is CC(C)C1CCC2C(C)C3C(C)C(C1C)C23. The van der Waals surface area contributed by atoms with Crippen LogP contribution in [-0.4, -0.2) is 0 Å². The van der Waals surface area contributed by atoms with Crippen molar-refractivity contribution in [2.24, 2.45) is 53.3 Å². The van der Waals surface area contributed by atoms with E-state index in [4.69, 9.17) is 0 Å². The molecule has 3 rings (SSSR count). The topological polar surface area (TPSA) is 0 Å². The van der Waals surface area contributed by atoms with Gasteiger partial charge in [0.1, 0.15) is 0 Å². The second-order valence-corrected chi connectivity index (χ2v) is 7.46. The Bertz CT molecular complexity index is 280. The number of rotatable bonds is 1. The van der Waals surface area contributed by atoms with Gasteiger partial charge in [-0.2, -0.15) is 0 Å². The maximum Gasteiger partial charge on any atom is -0.0316 e. The lowest BCUT2D eigenvalue weighted by Crippen LogP contribution is -2.63. The standard InChI is InChI=1S/C16H28/c1-8(2)12-6-7-13-10(4)15-11(5)14(9(12)3)16(13)15/h8-16H,6-7H2,1-5H3. The summed E-state index contributed by atoms with van der Waals surface area (Å²) in [6.07, 6.45) is 3.05. The molecule has 8 atom stereocenters. The maximum absolute atomic E-state index is 2.56. The first-order chi connectivity index (χ1) is 7.54. The molecule has 0 aromatic rings. The molecule has 0 aliphatic heterocycles. The highest BCUT2D eigenvalue weighted by atomic mass is 14.7. The molecule has 0 aromatic carbocycles. The van der Waals surface area contributed by atoms with Crippen molar-refractivity contribution in [2.75, 3.05) is 0 Å². The summed E-state index contributed by atoms with van der Waals surface area (Å²) in [6, 6.07) is 0. The van der Waals surface area contributed by atoms with Crippen LogP contribution in [0.15, 0.2) is 0 Å². The summed E-state index contributed by atoms with van der Waals surface area (Å²) >= 11 is 0. The molecule has 3 aliphatic carbocycles. The van der Waals surface area contributed by atoms with Crippen LogP contribution in [0.4, 0.5) is 0 Å². The first kappa shape index (κ1) is 11.1. The van der Waals surface area contributed by atoms with Gasteiger partial charge in [0, 0.05) is 0 Å². The molecule has 0 N–H and O–H groups in total. The second-order valence-electron chi connectivity index (χ2n) is 7.46. The van der Waals surface area contributed by atoms with Gasteiger partial charge in [-0.15, -0.1) is 0 Å². The van der Waals surface area contributed by atoms with Crippen LogP contribution in [0.3, 0.4) is 0 Å². The van der Waals surface area contributed by atoms with Gasteiger partial charge in [-0.05, 0) is 66.1 Å². The van der Waals surface area contributed by atoms with Crippen molar-refractivity contribution in [1.82, 2.24) is 0 Å². The molecule has 0 radical (unpaired) electrons. The van der Waals surface area contributed by atoms with Gasteiger partial charge in [0.15, 0.2) is 0 Å². The van der Waals surface area contributed by atoms with E-state index < -0.39 is 0 Å². The van der Waals surface area contributed by atoms with Gasteiger partial charge in [-0.3, -0.25) is 0 Å². The normalized spacial score (nSPS) is 59.6. The van der Waals surface area contributed by atoms with Crippen molar-refractivity contribution >= 4 is 0 Å². The highest BCUT2D eigenvalue weighted by molar-refractivity contribution is 5.12. The van der Waals surface area contributed by atoms with Crippen LogP contribution < -0.4 is 0 Å². The van der Waals surface area contributed by atoms with Crippen molar-refractivity contribution in [3.63, 3.8) is 0 Å². The van der Waals surface area contributed by atoms with Crippen LogP contribution >= 0.6 is 0 Å². The molecule has 92 valence electrons. The van der Waals surface area contributed by atoms with E-state index in [9.17, 15) is 0 Å². The largest absolute Gasteiger partial charge is 0.0625 e. The quantitative estimate of drug-likeness (QED) is 0.612. The smallest absolute Gasteiger partial charge is 0.0316 e. The maximum atomic E-state index is 2.56. The van der Waals surface area contributed by atoms with E-state index in [1.807, 2.05) is 0 Å². The van der Waals surface area contributed by atoms with Gasteiger partial charge in [-0.25, -0.2) is 0 Å². The van der Waals surface area contributed by atoms with Crippen molar-refractivity contribution in [3.8, 4) is 0 Å². The fraction of sp³-hybridized carbons (Fsp3) is 1.00. The van der Waals surface area contributed by atoms with Crippen molar-refractivity contribution in [1.29, 1.82) is 0 Å². The minimum absolute atomic E-state index is 0.897. The van der Waals surface area contributed by atoms with Gasteiger partial charge >= 0.3 is 0 Å². The Labute approximate surface area is 101 Å². The van der Waals surface area contributed by atoms with Gasteiger partial charge < -0.3 is 0 Å². The fourth-order valence-electron chi connectivity index (χ4n) is 6.12. The molecule has 0 aromatic heterocycles. The lowest BCUT2D eigenvalue weighted by Gasteiger charge is -2.68. The summed E-state index contributed by atoms with van der Waals surface area (Å²) in [4.78, 5) is 0. The Morgan fingerprint density at radius 1 is 0.750 bits per heavy atom. The minimum Gasteiger partial charge on any atom is -0.0625 e. The third-order valence-electron chi connectivity index (χ3n) is 6.85. The zero-order valence-electron chi connectivity index (χ0n) is 11.6. The molecule has 0 spiro atoms. The highest BCUT2D eigenvalue weighted by Gasteiger charge is 2.65. The average Bonchev–Trinajstić information content (AvgIpc) is 2.27. The Morgan fingerprint density at radius 3 is 2.00 bits per heavy atom. The van der Waals surface area contributed by atoms with E-state index in [0.29, 0.717) is 0 Å². The molecule has 0 saturated heterocycles. The summed E-state index contributed by atoms with van der Waals surface area (Å²) in [5.74, 6) is 9.43. The van der Waals surface area contributed by atoms with Crippen LogP contribution in [0.25, 0.3) is 0 Å². The van der Waals surface area contributed by atoms with Gasteiger partial charge in [-0.1, -0.05) is 34.6 Å². The molecule has 3 fully saturated rings. The van der Waals surface area contributed by atoms with E-state index in [0.717, 1.165) is 53.3 Å². The molecular formula is C16H28. The molecule has 0 heteroatoms. The summed E-state index contributed by atoms with van der Waals surface area (Å²) < 4.78 is 0. The fourth-order valence-corrected chi connectivity index (χ4v) is 6.12. The highest BCUT2D eigenvalue weighted by Crippen LogP contribution is 2.70. The van der Waals surface area contributed by atoms with E-state index in [2.05, 4.69) is 34.6 Å². The summed E-state index contributed by atoms with van der Waals surface area (Å²) in [5.41, 5.74) is 0. The first-order valence-corrected chi connectivity index (χ1v) is 7.54. The Hall–Kier alpha value is 0. The van der Waals surface area contributed by atoms with Gasteiger partial charge in [0.05, 0.1) is 0 Å². The van der Waals surface area contributed by atoms with Crippen molar-refractivity contribution < 1.29 is 0 Å². The molecule has 0 nitrogen and oxygen atoms in total. The van der Waals surface area contributed by atoms with Crippen LogP contribution in [0.1, 0.15) is 47.5 Å². The Morgan fingerprint density at radius 2 is 1.38 bits per heavy atom. The zero-order valence-corrected chi connectivity index (χ0v) is 11.6. The van der Waals surface area contributed by atoms with E-state index >= 15 is 0 Å². The lowest BCUT2D eigenvalue weighted by atomic mass is 9.37. The van der Waals surface area contributed by atoms with E-state index in [1.54, 1.807) is 6.42 Å². The molecule has 0 amide bonds. The van der Waals surface area contributed by atoms with Crippen LogP contribution in [0.5, 0.6) is 0 Å². The molecule has 8 unspecified atom stereocenters. The van der Waals surface area contributed by atoms with Gasteiger partial charge in [0.25, 0.3) is 0 Å². The summed E-state index contributed by atoms with van der Waals surface area (Å²) in [5, 5.41) is 0. The molecule has 0 heterocycles. The molecule has 3 aliphatic rings. The Balaban J connectivity index is 1.84. The molecule has 16 heavy (non-hydrogen) atoms. The Kier molecular flexibility index (Phi) is 2.43. The van der Waals surface area contributed by atoms with Crippen molar-refractivity contribution in [2.45, 2.75) is 47.5 Å². The number of hydrogen-bond acceptors (Lipinski definition) is 0. The minimum atomic E-state index is 0.897. The predicted molar refractivity (Wildman–Crippen MR) is 69.0 cm³/mol. The third-order valence-corrected chi connectivity index (χ3v) is 6.85. The van der Waals surface area contributed by atoms with Crippen LogP contribution in [-0.2, 0) is 0 Å². The van der Waals surface area contributed by atoms with Crippen molar-refractivity contribution in [3.05, 3.63) is 0 Å². The molecule has 0 bridgehead atoms. The average molecular weight is 220 g/mol. The summed E-state index contributed by atoms with van der Waals surface area (Å²) in [7, 11) is 0. The van der Waals surface area contributed by atoms with E-state index in [1.165, 1.54) is 6.42 Å². The van der Waals surface area contributed by atoms with Crippen LogP contribution in [0, 0.1) is 53.3 Å². The van der Waals surface area contributed by atoms with Gasteiger partial charge in [0.2, 0.25) is 0 Å². The first-order valence-electron chi connectivity index (χ1n) is 7.54. The predicted octanol–water partition coefficient (Wildman–Crippen LogP) is 4.45. The van der Waals surface area contributed by atoms with Crippen LogP contribution in [0.2, 0.25) is 0 Å². The van der Waals surface area contributed by atoms with E-state index in [-0.39, 0.29) is 0 Å². The lowest BCUT2D eigenvalue weighted by molar-refractivity contribution is -0.205. The third kappa shape index (κ3) is 1.17. The second kappa shape index (κ2) is 3.50. The molecular weight excluding hydrogens is 192 g/mol. The molecule has 3 saturated carbocycles. The number of hydrogen-bond donors (Lipinski definition) is 0.